The Kier molecular flexibility index (Phi) is 3.28. The van der Waals surface area contributed by atoms with E-state index in [1.807, 2.05) is 0 Å². The van der Waals surface area contributed by atoms with Crippen molar-refractivity contribution in [3.63, 3.8) is 0 Å². The van der Waals surface area contributed by atoms with Gasteiger partial charge in [0.15, 0.2) is 0 Å². The third-order valence-corrected chi connectivity index (χ3v) is 3.38. The minimum atomic E-state index is -0.948. The highest BCUT2D eigenvalue weighted by Crippen LogP contribution is 2.25. The molecule has 20 heavy (non-hydrogen) atoms. The minimum Gasteiger partial charge on any atom is -0.478 e. The molecule has 0 fully saturated rings. The maximum absolute atomic E-state index is 10.9. The highest BCUT2D eigenvalue weighted by atomic mass is 16.4. The Morgan fingerprint density at radius 2 is 2.20 bits per heavy atom. The highest BCUT2D eigenvalue weighted by molar-refractivity contribution is 5.87. The van der Waals surface area contributed by atoms with Gasteiger partial charge in [-0.05, 0) is 31.4 Å². The SMILES string of the molecule is O=C(O)c1ccnc(CNc2ncnc3c2CCC3)c1. The van der Waals surface area contributed by atoms with E-state index in [2.05, 4.69) is 20.3 Å². The lowest BCUT2D eigenvalue weighted by Crippen LogP contribution is -2.08. The molecule has 0 saturated carbocycles. The molecule has 0 aromatic carbocycles. The summed E-state index contributed by atoms with van der Waals surface area (Å²) >= 11 is 0. The van der Waals surface area contributed by atoms with E-state index in [4.69, 9.17) is 5.11 Å². The first-order valence-electron chi connectivity index (χ1n) is 6.49. The molecule has 2 N–H and O–H groups in total. The van der Waals surface area contributed by atoms with E-state index in [1.165, 1.54) is 17.8 Å². The molecule has 0 amide bonds. The number of nitrogens with one attached hydrogen (secondary N) is 1. The molecule has 1 aliphatic carbocycles. The van der Waals surface area contributed by atoms with Gasteiger partial charge in [0, 0.05) is 17.5 Å². The summed E-state index contributed by atoms with van der Waals surface area (Å²) in [6.45, 7) is 0.449. The fraction of sp³-hybridized carbons (Fsp3) is 0.286. The van der Waals surface area contributed by atoms with Crippen LogP contribution < -0.4 is 5.32 Å². The van der Waals surface area contributed by atoms with Crippen molar-refractivity contribution in [3.05, 3.63) is 47.2 Å². The summed E-state index contributed by atoms with van der Waals surface area (Å²) in [6, 6.07) is 3.05. The summed E-state index contributed by atoms with van der Waals surface area (Å²) < 4.78 is 0. The van der Waals surface area contributed by atoms with Crippen molar-refractivity contribution in [2.75, 3.05) is 5.32 Å². The minimum absolute atomic E-state index is 0.240. The highest BCUT2D eigenvalue weighted by Gasteiger charge is 2.16. The van der Waals surface area contributed by atoms with Gasteiger partial charge in [0.25, 0.3) is 0 Å². The second-order valence-electron chi connectivity index (χ2n) is 4.70. The van der Waals surface area contributed by atoms with Crippen LogP contribution in [0.25, 0.3) is 0 Å². The maximum Gasteiger partial charge on any atom is 0.335 e. The molecule has 102 valence electrons. The number of fused-ring (bicyclic) bond motifs is 1. The Hall–Kier alpha value is -2.50. The number of nitrogens with zero attached hydrogens (tertiary/aromatic N) is 3. The van der Waals surface area contributed by atoms with Crippen molar-refractivity contribution in [3.8, 4) is 0 Å². The van der Waals surface area contributed by atoms with Crippen molar-refractivity contribution in [2.45, 2.75) is 25.8 Å². The number of carbonyl (C=O) groups is 1. The predicted molar refractivity (Wildman–Crippen MR) is 72.6 cm³/mol. The average Bonchev–Trinajstić information content (AvgIpc) is 2.94. The first-order valence-corrected chi connectivity index (χ1v) is 6.49. The van der Waals surface area contributed by atoms with Gasteiger partial charge in [0.1, 0.15) is 12.1 Å². The predicted octanol–water partition coefficient (Wildman–Crippen LogP) is 1.67. The van der Waals surface area contributed by atoms with Gasteiger partial charge < -0.3 is 10.4 Å². The summed E-state index contributed by atoms with van der Waals surface area (Å²) in [7, 11) is 0. The number of pyridine rings is 1. The largest absolute Gasteiger partial charge is 0.478 e. The quantitative estimate of drug-likeness (QED) is 0.878. The Balaban J connectivity index is 1.76. The third kappa shape index (κ3) is 2.45. The molecule has 0 aliphatic heterocycles. The number of anilines is 1. The van der Waals surface area contributed by atoms with Gasteiger partial charge in [-0.15, -0.1) is 0 Å². The summed E-state index contributed by atoms with van der Waals surface area (Å²) in [4.78, 5) is 23.6. The van der Waals surface area contributed by atoms with Crippen molar-refractivity contribution < 1.29 is 9.90 Å². The van der Waals surface area contributed by atoms with Crippen molar-refractivity contribution in [2.24, 2.45) is 0 Å². The lowest BCUT2D eigenvalue weighted by molar-refractivity contribution is 0.0696. The lowest BCUT2D eigenvalue weighted by Gasteiger charge is -2.09. The second-order valence-corrected chi connectivity index (χ2v) is 4.70. The molecular weight excluding hydrogens is 256 g/mol. The molecule has 0 saturated heterocycles. The lowest BCUT2D eigenvalue weighted by atomic mass is 10.2. The molecule has 0 bridgehead atoms. The molecule has 1 aliphatic rings. The molecule has 6 heteroatoms. The monoisotopic (exact) mass is 270 g/mol. The van der Waals surface area contributed by atoms with Crippen LogP contribution in [0.4, 0.5) is 5.82 Å². The van der Waals surface area contributed by atoms with Gasteiger partial charge in [0.05, 0.1) is 17.8 Å². The summed E-state index contributed by atoms with van der Waals surface area (Å²) in [5.74, 6) is -0.119. The summed E-state index contributed by atoms with van der Waals surface area (Å²) in [5, 5.41) is 12.2. The molecular formula is C14H14N4O2. The number of carboxylic acids is 1. The molecule has 6 nitrogen and oxygen atoms in total. The standard InChI is InChI=1S/C14H14N4O2/c19-14(20)9-4-5-15-10(6-9)7-16-13-11-2-1-3-12(11)17-8-18-13/h4-6,8H,1-3,7H2,(H,19,20)(H,16,17,18). The van der Waals surface area contributed by atoms with Crippen molar-refractivity contribution in [1.82, 2.24) is 15.0 Å². The van der Waals surface area contributed by atoms with Crippen molar-refractivity contribution >= 4 is 11.8 Å². The van der Waals surface area contributed by atoms with Crippen LogP contribution in [0.15, 0.2) is 24.7 Å². The molecule has 2 aromatic rings. The molecule has 3 rings (SSSR count). The van der Waals surface area contributed by atoms with E-state index >= 15 is 0 Å². The van der Waals surface area contributed by atoms with Crippen LogP contribution in [0.2, 0.25) is 0 Å². The van der Waals surface area contributed by atoms with Gasteiger partial charge in [-0.25, -0.2) is 14.8 Å². The van der Waals surface area contributed by atoms with E-state index in [9.17, 15) is 4.79 Å². The number of carboxylic acid groups (broad SMARTS) is 1. The molecule has 0 radical (unpaired) electrons. The number of aromatic nitrogens is 3. The van der Waals surface area contributed by atoms with Crippen LogP contribution in [0.5, 0.6) is 0 Å². The fourth-order valence-corrected chi connectivity index (χ4v) is 2.39. The molecule has 2 heterocycles. The van der Waals surface area contributed by atoms with E-state index < -0.39 is 5.97 Å². The molecule has 0 spiro atoms. The van der Waals surface area contributed by atoms with Crippen LogP contribution in [-0.4, -0.2) is 26.0 Å². The van der Waals surface area contributed by atoms with Crippen LogP contribution in [0, 0.1) is 0 Å². The number of hydrogen-bond donors (Lipinski definition) is 2. The number of rotatable bonds is 4. The number of aromatic carboxylic acids is 1. The number of hydrogen-bond acceptors (Lipinski definition) is 5. The van der Waals surface area contributed by atoms with Gasteiger partial charge >= 0.3 is 5.97 Å². The van der Waals surface area contributed by atoms with Gasteiger partial charge in [-0.3, -0.25) is 4.98 Å². The first kappa shape index (κ1) is 12.5. The first-order chi connectivity index (χ1) is 9.74. The maximum atomic E-state index is 10.9. The summed E-state index contributed by atoms with van der Waals surface area (Å²) in [6.07, 6.45) is 6.16. The average molecular weight is 270 g/mol. The van der Waals surface area contributed by atoms with Crippen LogP contribution in [-0.2, 0) is 19.4 Å². The second kappa shape index (κ2) is 5.24. The third-order valence-electron chi connectivity index (χ3n) is 3.38. The Morgan fingerprint density at radius 3 is 3.05 bits per heavy atom. The van der Waals surface area contributed by atoms with Gasteiger partial charge in [-0.2, -0.15) is 0 Å². The zero-order valence-electron chi connectivity index (χ0n) is 10.8. The summed E-state index contributed by atoms with van der Waals surface area (Å²) in [5.41, 5.74) is 3.19. The Labute approximate surface area is 115 Å². The van der Waals surface area contributed by atoms with E-state index in [1.54, 1.807) is 12.4 Å². The van der Waals surface area contributed by atoms with Crippen LogP contribution in [0.1, 0.15) is 33.7 Å². The molecule has 2 aromatic heterocycles. The molecule has 0 unspecified atom stereocenters. The smallest absolute Gasteiger partial charge is 0.335 e. The zero-order valence-corrected chi connectivity index (χ0v) is 10.8. The van der Waals surface area contributed by atoms with E-state index in [0.717, 1.165) is 30.8 Å². The van der Waals surface area contributed by atoms with E-state index in [0.29, 0.717) is 12.2 Å². The van der Waals surface area contributed by atoms with E-state index in [-0.39, 0.29) is 5.56 Å². The number of aryl methyl sites for hydroxylation is 1. The topological polar surface area (TPSA) is 88.0 Å². The zero-order chi connectivity index (χ0) is 13.9. The van der Waals surface area contributed by atoms with Crippen LogP contribution >= 0.6 is 0 Å². The van der Waals surface area contributed by atoms with Crippen molar-refractivity contribution in [1.29, 1.82) is 0 Å². The normalized spacial score (nSPS) is 13.0. The Bertz CT molecular complexity index is 657. The molecule has 0 atom stereocenters. The fourth-order valence-electron chi connectivity index (χ4n) is 2.39. The van der Waals surface area contributed by atoms with Gasteiger partial charge in [-0.1, -0.05) is 0 Å². The van der Waals surface area contributed by atoms with Gasteiger partial charge in [0.2, 0.25) is 0 Å². The van der Waals surface area contributed by atoms with Crippen LogP contribution in [0.3, 0.4) is 0 Å². The Morgan fingerprint density at radius 1 is 1.30 bits per heavy atom.